The van der Waals surface area contributed by atoms with Crippen LogP contribution in [0.5, 0.6) is 11.5 Å². The number of pyridine rings is 2. The number of rotatable bonds is 5. The summed E-state index contributed by atoms with van der Waals surface area (Å²) in [6.45, 7) is 3.05. The Hall–Kier alpha value is -2.10. The minimum Gasteiger partial charge on any atom is -0.454 e. The molecule has 2 rings (SSSR count). The summed E-state index contributed by atoms with van der Waals surface area (Å²) in [5.74, 6) is 1.42. The summed E-state index contributed by atoms with van der Waals surface area (Å²) >= 11 is 0. The fourth-order valence-corrected chi connectivity index (χ4v) is 1.38. The van der Waals surface area contributed by atoms with Gasteiger partial charge >= 0.3 is 0 Å². The van der Waals surface area contributed by atoms with Gasteiger partial charge in [-0.3, -0.25) is 9.97 Å². The number of ether oxygens (including phenoxy) is 1. The Bertz CT molecular complexity index is 459. The van der Waals surface area contributed by atoms with Gasteiger partial charge in [0.1, 0.15) is 11.5 Å². The number of aromatic nitrogens is 2. The van der Waals surface area contributed by atoms with Crippen molar-refractivity contribution in [3.8, 4) is 11.5 Å². The zero-order valence-corrected chi connectivity index (χ0v) is 9.76. The molecule has 2 aromatic heterocycles. The molecule has 2 aromatic rings. The van der Waals surface area contributed by atoms with E-state index in [4.69, 9.17) is 4.74 Å². The maximum absolute atomic E-state index is 5.63. The van der Waals surface area contributed by atoms with E-state index in [0.29, 0.717) is 11.5 Å². The van der Waals surface area contributed by atoms with E-state index < -0.39 is 0 Å². The van der Waals surface area contributed by atoms with Crippen molar-refractivity contribution in [2.24, 2.45) is 0 Å². The SMILES string of the molecule is CCCNc1cncc(Oc2cccnc2)c1. The molecule has 2 heterocycles. The molecule has 0 aliphatic carbocycles. The van der Waals surface area contributed by atoms with Crippen LogP contribution in [-0.4, -0.2) is 16.5 Å². The van der Waals surface area contributed by atoms with E-state index in [1.165, 1.54) is 0 Å². The van der Waals surface area contributed by atoms with Crippen LogP contribution in [0.1, 0.15) is 13.3 Å². The standard InChI is InChI=1S/C13H15N3O/c1-2-5-16-11-7-13(10-15-8-11)17-12-4-3-6-14-9-12/h3-4,6-10,16H,2,5H2,1H3. The highest BCUT2D eigenvalue weighted by Crippen LogP contribution is 2.21. The van der Waals surface area contributed by atoms with E-state index in [-0.39, 0.29) is 0 Å². The Morgan fingerprint density at radius 2 is 2.06 bits per heavy atom. The third-order valence-electron chi connectivity index (χ3n) is 2.16. The molecule has 0 unspecified atom stereocenters. The molecular weight excluding hydrogens is 214 g/mol. The van der Waals surface area contributed by atoms with Gasteiger partial charge in [-0.25, -0.2) is 0 Å². The van der Waals surface area contributed by atoms with E-state index in [0.717, 1.165) is 18.7 Å². The molecule has 0 saturated heterocycles. The molecule has 17 heavy (non-hydrogen) atoms. The summed E-state index contributed by atoms with van der Waals surface area (Å²) in [6.07, 6.45) is 7.93. The number of anilines is 1. The lowest BCUT2D eigenvalue weighted by atomic mass is 10.3. The Kier molecular flexibility index (Phi) is 3.91. The molecule has 0 aromatic carbocycles. The molecule has 0 aliphatic rings. The lowest BCUT2D eigenvalue weighted by Gasteiger charge is -2.07. The molecule has 0 fully saturated rings. The number of hydrogen-bond acceptors (Lipinski definition) is 4. The molecule has 0 bridgehead atoms. The second-order valence-electron chi connectivity index (χ2n) is 3.63. The van der Waals surface area contributed by atoms with E-state index in [2.05, 4.69) is 22.2 Å². The molecule has 0 spiro atoms. The third-order valence-corrected chi connectivity index (χ3v) is 2.16. The van der Waals surface area contributed by atoms with Gasteiger partial charge in [-0.15, -0.1) is 0 Å². The topological polar surface area (TPSA) is 47.0 Å². The predicted octanol–water partition coefficient (Wildman–Crippen LogP) is 3.09. The molecule has 0 saturated carbocycles. The molecule has 1 N–H and O–H groups in total. The summed E-state index contributed by atoms with van der Waals surface area (Å²) in [5, 5.41) is 3.26. The van der Waals surface area contributed by atoms with Crippen LogP contribution in [0.3, 0.4) is 0 Å². The molecule has 4 nitrogen and oxygen atoms in total. The van der Waals surface area contributed by atoms with Crippen LogP contribution in [0.25, 0.3) is 0 Å². The maximum atomic E-state index is 5.63. The van der Waals surface area contributed by atoms with Crippen LogP contribution in [0.2, 0.25) is 0 Å². The van der Waals surface area contributed by atoms with E-state index in [1.807, 2.05) is 18.2 Å². The second-order valence-corrected chi connectivity index (χ2v) is 3.63. The highest BCUT2D eigenvalue weighted by molar-refractivity contribution is 5.46. The normalized spacial score (nSPS) is 9.94. The van der Waals surface area contributed by atoms with Gasteiger partial charge in [-0.05, 0) is 18.6 Å². The summed E-state index contributed by atoms with van der Waals surface area (Å²) in [6, 6.07) is 5.62. The van der Waals surface area contributed by atoms with E-state index >= 15 is 0 Å². The average Bonchev–Trinajstić information content (AvgIpc) is 2.38. The zero-order valence-electron chi connectivity index (χ0n) is 9.76. The van der Waals surface area contributed by atoms with Crippen LogP contribution in [0.4, 0.5) is 5.69 Å². The molecular formula is C13H15N3O. The van der Waals surface area contributed by atoms with Crippen molar-refractivity contribution in [1.29, 1.82) is 0 Å². The molecule has 0 radical (unpaired) electrons. The first kappa shape index (κ1) is 11.4. The van der Waals surface area contributed by atoms with Gasteiger partial charge in [0.25, 0.3) is 0 Å². The monoisotopic (exact) mass is 229 g/mol. The van der Waals surface area contributed by atoms with Gasteiger partial charge in [0.15, 0.2) is 0 Å². The van der Waals surface area contributed by atoms with Crippen molar-refractivity contribution in [2.75, 3.05) is 11.9 Å². The van der Waals surface area contributed by atoms with Crippen molar-refractivity contribution >= 4 is 5.69 Å². The predicted molar refractivity (Wildman–Crippen MR) is 67.3 cm³/mol. The Morgan fingerprint density at radius 1 is 1.18 bits per heavy atom. The lowest BCUT2D eigenvalue weighted by molar-refractivity contribution is 0.478. The first-order valence-corrected chi connectivity index (χ1v) is 5.65. The van der Waals surface area contributed by atoms with Crippen molar-refractivity contribution in [2.45, 2.75) is 13.3 Å². The van der Waals surface area contributed by atoms with Crippen LogP contribution < -0.4 is 10.1 Å². The quantitative estimate of drug-likeness (QED) is 0.855. The number of nitrogens with zero attached hydrogens (tertiary/aromatic N) is 2. The maximum Gasteiger partial charge on any atom is 0.147 e. The number of nitrogens with one attached hydrogen (secondary N) is 1. The van der Waals surface area contributed by atoms with Gasteiger partial charge in [0, 0.05) is 18.8 Å². The first-order chi connectivity index (χ1) is 8.38. The van der Waals surface area contributed by atoms with E-state index in [1.54, 1.807) is 24.8 Å². The highest BCUT2D eigenvalue weighted by atomic mass is 16.5. The largest absolute Gasteiger partial charge is 0.454 e. The fourth-order valence-electron chi connectivity index (χ4n) is 1.38. The van der Waals surface area contributed by atoms with Crippen LogP contribution >= 0.6 is 0 Å². The smallest absolute Gasteiger partial charge is 0.147 e. The van der Waals surface area contributed by atoms with Crippen LogP contribution in [-0.2, 0) is 0 Å². The van der Waals surface area contributed by atoms with Gasteiger partial charge in [0.05, 0.1) is 24.3 Å². The van der Waals surface area contributed by atoms with Gasteiger partial charge < -0.3 is 10.1 Å². The molecule has 0 amide bonds. The number of hydrogen-bond donors (Lipinski definition) is 1. The second kappa shape index (κ2) is 5.84. The lowest BCUT2D eigenvalue weighted by Crippen LogP contribution is -2.00. The third kappa shape index (κ3) is 3.45. The molecule has 4 heteroatoms. The van der Waals surface area contributed by atoms with Gasteiger partial charge in [0.2, 0.25) is 0 Å². The van der Waals surface area contributed by atoms with Crippen molar-refractivity contribution in [1.82, 2.24) is 9.97 Å². The molecule has 88 valence electrons. The van der Waals surface area contributed by atoms with Crippen molar-refractivity contribution in [3.05, 3.63) is 43.0 Å². The minimum absolute atomic E-state index is 0.708. The van der Waals surface area contributed by atoms with Gasteiger partial charge in [-0.1, -0.05) is 6.92 Å². The zero-order chi connectivity index (χ0) is 11.9. The Labute approximate surface area is 101 Å². The summed E-state index contributed by atoms with van der Waals surface area (Å²) in [4.78, 5) is 8.12. The van der Waals surface area contributed by atoms with Crippen molar-refractivity contribution in [3.63, 3.8) is 0 Å². The first-order valence-electron chi connectivity index (χ1n) is 5.65. The summed E-state index contributed by atoms with van der Waals surface area (Å²) in [7, 11) is 0. The van der Waals surface area contributed by atoms with Crippen molar-refractivity contribution < 1.29 is 4.74 Å². The van der Waals surface area contributed by atoms with Gasteiger partial charge in [-0.2, -0.15) is 0 Å². The van der Waals surface area contributed by atoms with Crippen LogP contribution in [0.15, 0.2) is 43.0 Å². The van der Waals surface area contributed by atoms with Crippen LogP contribution in [0, 0.1) is 0 Å². The summed E-state index contributed by atoms with van der Waals surface area (Å²) in [5.41, 5.74) is 0.966. The average molecular weight is 229 g/mol. The molecule has 0 aliphatic heterocycles. The fraction of sp³-hybridized carbons (Fsp3) is 0.231. The summed E-state index contributed by atoms with van der Waals surface area (Å²) < 4.78 is 5.63. The Morgan fingerprint density at radius 3 is 2.82 bits per heavy atom. The Balaban J connectivity index is 2.06. The highest BCUT2D eigenvalue weighted by Gasteiger charge is 1.99. The molecule has 0 atom stereocenters. The van der Waals surface area contributed by atoms with E-state index in [9.17, 15) is 0 Å². The minimum atomic E-state index is 0.708.